The molecule has 1 fully saturated rings. The largest absolute Gasteiger partial charge is 0.354 e. The van der Waals surface area contributed by atoms with E-state index in [0.717, 1.165) is 25.9 Å². The maximum Gasteiger partial charge on any atom is 0.259 e. The lowest BCUT2D eigenvalue weighted by Crippen LogP contribution is -2.39. The first-order chi connectivity index (χ1) is 12.7. The Labute approximate surface area is 152 Å². The average molecular weight is 355 g/mol. The van der Waals surface area contributed by atoms with Crippen molar-refractivity contribution in [1.29, 1.82) is 0 Å². The number of rotatable bonds is 4. The van der Waals surface area contributed by atoms with Crippen LogP contribution in [0.15, 0.2) is 30.5 Å². The fourth-order valence-corrected chi connectivity index (χ4v) is 3.77. The lowest BCUT2D eigenvalue weighted by atomic mass is 10.1. The Morgan fingerprint density at radius 1 is 1.35 bits per heavy atom. The molecule has 1 saturated heterocycles. The summed E-state index contributed by atoms with van der Waals surface area (Å²) in [5.74, 6) is 0.805. The standard InChI is InChI=1S/C19H22FN5O/c1-2-21-19-22-10-15-17(23-19)25-9-5-7-14(25)12-24(18(15)26)11-13-6-3-4-8-16(13)20/h3-4,6,8,10,14H,2,5,7,9,11-12H2,1H3,(H,21,22,23). The number of halogens is 1. The number of amides is 1. The normalized spacial score (nSPS) is 19.2. The molecule has 6 nitrogen and oxygen atoms in total. The SMILES string of the molecule is CCNc1ncc2c(n1)N1CCCC1CN(Cc1ccccc1F)C2=O. The molecule has 2 aliphatic rings. The predicted octanol–water partition coefficient (Wildman–Crippen LogP) is 2.67. The minimum Gasteiger partial charge on any atom is -0.354 e. The topological polar surface area (TPSA) is 61.4 Å². The monoisotopic (exact) mass is 355 g/mol. The van der Waals surface area contributed by atoms with Crippen LogP contribution in [0.5, 0.6) is 0 Å². The van der Waals surface area contributed by atoms with E-state index in [1.54, 1.807) is 29.3 Å². The zero-order chi connectivity index (χ0) is 18.1. The molecule has 4 rings (SSSR count). The van der Waals surface area contributed by atoms with E-state index in [0.29, 0.717) is 29.4 Å². The van der Waals surface area contributed by atoms with Gasteiger partial charge in [-0.1, -0.05) is 18.2 Å². The van der Waals surface area contributed by atoms with Gasteiger partial charge >= 0.3 is 0 Å². The van der Waals surface area contributed by atoms with Crippen LogP contribution >= 0.6 is 0 Å². The number of aromatic nitrogens is 2. The number of benzene rings is 1. The highest BCUT2D eigenvalue weighted by Crippen LogP contribution is 2.32. The summed E-state index contributed by atoms with van der Waals surface area (Å²) in [6.45, 7) is 4.40. The molecule has 1 aromatic heterocycles. The first-order valence-electron chi connectivity index (χ1n) is 9.07. The molecule has 7 heteroatoms. The lowest BCUT2D eigenvalue weighted by Gasteiger charge is -2.27. The molecular formula is C19H22FN5O. The van der Waals surface area contributed by atoms with Crippen molar-refractivity contribution in [2.75, 3.05) is 29.9 Å². The number of carbonyl (C=O) groups excluding carboxylic acids is 1. The van der Waals surface area contributed by atoms with E-state index < -0.39 is 0 Å². The van der Waals surface area contributed by atoms with Gasteiger partial charge in [0.25, 0.3) is 5.91 Å². The summed E-state index contributed by atoms with van der Waals surface area (Å²) in [4.78, 5) is 25.9. The van der Waals surface area contributed by atoms with Gasteiger partial charge in [0.1, 0.15) is 17.2 Å². The van der Waals surface area contributed by atoms with E-state index in [9.17, 15) is 9.18 Å². The average Bonchev–Trinajstić information content (AvgIpc) is 3.07. The summed E-state index contributed by atoms with van der Waals surface area (Å²) in [6.07, 6.45) is 3.66. The first-order valence-corrected chi connectivity index (χ1v) is 9.07. The number of anilines is 2. The van der Waals surface area contributed by atoms with Gasteiger partial charge in [-0.05, 0) is 25.8 Å². The highest BCUT2D eigenvalue weighted by Gasteiger charge is 2.37. The zero-order valence-corrected chi connectivity index (χ0v) is 14.8. The Morgan fingerprint density at radius 3 is 3.00 bits per heavy atom. The Balaban J connectivity index is 1.71. The zero-order valence-electron chi connectivity index (χ0n) is 14.8. The van der Waals surface area contributed by atoms with Crippen molar-refractivity contribution in [1.82, 2.24) is 14.9 Å². The van der Waals surface area contributed by atoms with E-state index in [1.807, 2.05) is 6.92 Å². The highest BCUT2D eigenvalue weighted by atomic mass is 19.1. The van der Waals surface area contributed by atoms with E-state index >= 15 is 0 Å². The third kappa shape index (κ3) is 2.98. The van der Waals surface area contributed by atoms with Gasteiger partial charge < -0.3 is 15.1 Å². The maximum atomic E-state index is 14.1. The van der Waals surface area contributed by atoms with E-state index in [2.05, 4.69) is 20.2 Å². The lowest BCUT2D eigenvalue weighted by molar-refractivity contribution is 0.0740. The smallest absolute Gasteiger partial charge is 0.259 e. The molecule has 1 N–H and O–H groups in total. The second-order valence-corrected chi connectivity index (χ2v) is 6.73. The van der Waals surface area contributed by atoms with Crippen LogP contribution in [-0.2, 0) is 6.54 Å². The Morgan fingerprint density at radius 2 is 2.19 bits per heavy atom. The summed E-state index contributed by atoms with van der Waals surface area (Å²) >= 11 is 0. The van der Waals surface area contributed by atoms with Crippen LogP contribution in [0.1, 0.15) is 35.7 Å². The maximum absolute atomic E-state index is 14.1. The van der Waals surface area contributed by atoms with E-state index in [-0.39, 0.29) is 24.3 Å². The summed E-state index contributed by atoms with van der Waals surface area (Å²) in [6, 6.07) is 6.82. The van der Waals surface area contributed by atoms with Crippen molar-refractivity contribution >= 4 is 17.7 Å². The van der Waals surface area contributed by atoms with Crippen molar-refractivity contribution in [3.05, 3.63) is 47.4 Å². The molecule has 1 amide bonds. The summed E-state index contributed by atoms with van der Waals surface area (Å²) < 4.78 is 14.1. The Bertz CT molecular complexity index is 827. The summed E-state index contributed by atoms with van der Waals surface area (Å²) in [7, 11) is 0. The second-order valence-electron chi connectivity index (χ2n) is 6.73. The minimum atomic E-state index is -0.285. The van der Waals surface area contributed by atoms with Gasteiger partial charge in [-0.25, -0.2) is 9.37 Å². The fourth-order valence-electron chi connectivity index (χ4n) is 3.77. The van der Waals surface area contributed by atoms with Gasteiger partial charge in [-0.2, -0.15) is 4.98 Å². The van der Waals surface area contributed by atoms with Crippen LogP contribution in [0.4, 0.5) is 16.2 Å². The molecule has 1 atom stereocenters. The van der Waals surface area contributed by atoms with Crippen molar-refractivity contribution in [2.45, 2.75) is 32.4 Å². The van der Waals surface area contributed by atoms with Gasteiger partial charge in [0.15, 0.2) is 0 Å². The molecule has 0 radical (unpaired) electrons. The molecule has 2 aliphatic heterocycles. The van der Waals surface area contributed by atoms with Gasteiger partial charge in [0, 0.05) is 44.0 Å². The summed E-state index contributed by atoms with van der Waals surface area (Å²) in [5.41, 5.74) is 1.02. The number of hydrogen-bond donors (Lipinski definition) is 1. The number of nitrogens with zero attached hydrogens (tertiary/aromatic N) is 4. The number of fused-ring (bicyclic) bond motifs is 3. The van der Waals surface area contributed by atoms with Crippen LogP contribution in [0.2, 0.25) is 0 Å². The quantitative estimate of drug-likeness (QED) is 0.914. The molecule has 0 bridgehead atoms. The first kappa shape index (κ1) is 16.8. The minimum absolute atomic E-state index is 0.138. The molecule has 136 valence electrons. The molecule has 2 aromatic rings. The van der Waals surface area contributed by atoms with Crippen LogP contribution in [0.3, 0.4) is 0 Å². The van der Waals surface area contributed by atoms with E-state index in [4.69, 9.17) is 0 Å². The Hall–Kier alpha value is -2.70. The molecule has 0 saturated carbocycles. The third-order valence-corrected chi connectivity index (χ3v) is 5.02. The van der Waals surface area contributed by atoms with Gasteiger partial charge in [-0.15, -0.1) is 0 Å². The predicted molar refractivity (Wildman–Crippen MR) is 97.7 cm³/mol. The van der Waals surface area contributed by atoms with Crippen LogP contribution < -0.4 is 10.2 Å². The molecule has 1 unspecified atom stereocenters. The van der Waals surface area contributed by atoms with Gasteiger partial charge in [-0.3, -0.25) is 4.79 Å². The molecular weight excluding hydrogens is 333 g/mol. The van der Waals surface area contributed by atoms with E-state index in [1.165, 1.54) is 6.07 Å². The van der Waals surface area contributed by atoms with Crippen molar-refractivity contribution < 1.29 is 9.18 Å². The fraction of sp³-hybridized carbons (Fsp3) is 0.421. The van der Waals surface area contributed by atoms with Crippen LogP contribution in [0, 0.1) is 5.82 Å². The molecule has 26 heavy (non-hydrogen) atoms. The molecule has 3 heterocycles. The van der Waals surface area contributed by atoms with Gasteiger partial charge in [0.05, 0.1) is 0 Å². The van der Waals surface area contributed by atoms with Crippen LogP contribution in [0.25, 0.3) is 0 Å². The van der Waals surface area contributed by atoms with Crippen LogP contribution in [-0.4, -0.2) is 46.5 Å². The number of nitrogens with one attached hydrogen (secondary N) is 1. The molecule has 0 spiro atoms. The number of hydrogen-bond acceptors (Lipinski definition) is 5. The van der Waals surface area contributed by atoms with Crippen molar-refractivity contribution in [3.8, 4) is 0 Å². The number of carbonyl (C=O) groups is 1. The second kappa shape index (κ2) is 6.90. The molecule has 1 aromatic carbocycles. The van der Waals surface area contributed by atoms with Gasteiger partial charge in [0.2, 0.25) is 5.95 Å². The van der Waals surface area contributed by atoms with Crippen molar-refractivity contribution in [3.63, 3.8) is 0 Å². The summed E-state index contributed by atoms with van der Waals surface area (Å²) in [5, 5.41) is 3.11. The Kier molecular flexibility index (Phi) is 4.44. The third-order valence-electron chi connectivity index (χ3n) is 5.02. The van der Waals surface area contributed by atoms with Crippen molar-refractivity contribution in [2.24, 2.45) is 0 Å². The molecule has 0 aliphatic carbocycles. The highest BCUT2D eigenvalue weighted by molar-refractivity contribution is 5.99.